The zero-order valence-electron chi connectivity index (χ0n) is 16.5. The van der Waals surface area contributed by atoms with E-state index >= 15 is 0 Å². The predicted molar refractivity (Wildman–Crippen MR) is 113 cm³/mol. The number of hydrogen-bond acceptors (Lipinski definition) is 7. The SMILES string of the molecule is N#Cc1c(CCCNC(=O)COc2ccccc2[N+](=O)[O-])nn(-c2ccccc2)c1N. The van der Waals surface area contributed by atoms with Gasteiger partial charge in [0.05, 0.1) is 16.3 Å². The zero-order chi connectivity index (χ0) is 22.2. The van der Waals surface area contributed by atoms with Gasteiger partial charge in [-0.15, -0.1) is 0 Å². The molecule has 10 nitrogen and oxygen atoms in total. The topological polar surface area (TPSA) is 149 Å². The molecule has 0 bridgehead atoms. The smallest absolute Gasteiger partial charge is 0.310 e. The van der Waals surface area contributed by atoms with Crippen molar-refractivity contribution in [3.63, 3.8) is 0 Å². The zero-order valence-corrected chi connectivity index (χ0v) is 16.5. The maximum absolute atomic E-state index is 12.0. The summed E-state index contributed by atoms with van der Waals surface area (Å²) in [6.45, 7) is -0.0219. The molecule has 0 saturated heterocycles. The van der Waals surface area contributed by atoms with E-state index in [9.17, 15) is 20.2 Å². The Balaban J connectivity index is 1.52. The largest absolute Gasteiger partial charge is 0.477 e. The number of carbonyl (C=O) groups excluding carboxylic acids is 1. The van der Waals surface area contributed by atoms with Crippen LogP contribution in [0.5, 0.6) is 5.75 Å². The number of nitrogens with zero attached hydrogens (tertiary/aromatic N) is 4. The number of para-hydroxylation sites is 3. The van der Waals surface area contributed by atoms with Crippen LogP contribution < -0.4 is 15.8 Å². The summed E-state index contributed by atoms with van der Waals surface area (Å²) in [7, 11) is 0. The molecule has 3 rings (SSSR count). The minimum atomic E-state index is -0.569. The molecule has 1 heterocycles. The van der Waals surface area contributed by atoms with Crippen molar-refractivity contribution in [1.82, 2.24) is 15.1 Å². The van der Waals surface area contributed by atoms with Gasteiger partial charge in [-0.2, -0.15) is 10.4 Å². The Morgan fingerprint density at radius 2 is 1.94 bits per heavy atom. The van der Waals surface area contributed by atoms with Crippen molar-refractivity contribution in [2.75, 3.05) is 18.9 Å². The highest BCUT2D eigenvalue weighted by molar-refractivity contribution is 5.77. The number of benzene rings is 2. The van der Waals surface area contributed by atoms with Crippen LogP contribution in [0.3, 0.4) is 0 Å². The summed E-state index contributed by atoms with van der Waals surface area (Å²) in [4.78, 5) is 22.4. The molecule has 1 amide bonds. The Bertz CT molecular complexity index is 1120. The molecule has 0 aliphatic rings. The number of nitrogen functional groups attached to an aromatic ring is 1. The Morgan fingerprint density at radius 3 is 2.65 bits per heavy atom. The molecule has 0 radical (unpaired) electrons. The lowest BCUT2D eigenvalue weighted by Crippen LogP contribution is -2.30. The fraction of sp³-hybridized carbons (Fsp3) is 0.190. The fourth-order valence-corrected chi connectivity index (χ4v) is 2.95. The van der Waals surface area contributed by atoms with E-state index < -0.39 is 10.8 Å². The van der Waals surface area contributed by atoms with Gasteiger partial charge in [-0.25, -0.2) is 4.68 Å². The van der Waals surface area contributed by atoms with Crippen molar-refractivity contribution < 1.29 is 14.5 Å². The second-order valence-corrected chi connectivity index (χ2v) is 6.53. The van der Waals surface area contributed by atoms with E-state index in [0.29, 0.717) is 30.6 Å². The number of aromatic nitrogens is 2. The van der Waals surface area contributed by atoms with Crippen LogP contribution in [-0.2, 0) is 11.2 Å². The van der Waals surface area contributed by atoms with Crippen LogP contribution in [0.4, 0.5) is 11.5 Å². The molecule has 3 aromatic rings. The molecule has 1 aromatic heterocycles. The molecular weight excluding hydrogens is 400 g/mol. The Morgan fingerprint density at radius 1 is 1.23 bits per heavy atom. The van der Waals surface area contributed by atoms with E-state index in [0.717, 1.165) is 5.69 Å². The van der Waals surface area contributed by atoms with Crippen molar-refractivity contribution in [3.05, 3.63) is 76.0 Å². The highest BCUT2D eigenvalue weighted by Gasteiger charge is 2.17. The molecule has 0 aliphatic heterocycles. The Kier molecular flexibility index (Phi) is 6.80. The number of anilines is 1. The summed E-state index contributed by atoms with van der Waals surface area (Å²) in [5, 5.41) is 27.5. The third-order valence-corrected chi connectivity index (χ3v) is 4.44. The number of ether oxygens (including phenoxy) is 1. The maximum atomic E-state index is 12.0. The molecule has 0 fully saturated rings. The van der Waals surface area contributed by atoms with E-state index in [1.54, 1.807) is 6.07 Å². The van der Waals surface area contributed by atoms with Gasteiger partial charge in [0.1, 0.15) is 17.5 Å². The lowest BCUT2D eigenvalue weighted by atomic mass is 10.1. The van der Waals surface area contributed by atoms with Crippen LogP contribution >= 0.6 is 0 Å². The number of hydrogen-bond donors (Lipinski definition) is 2. The van der Waals surface area contributed by atoms with Gasteiger partial charge in [0.15, 0.2) is 12.4 Å². The van der Waals surface area contributed by atoms with Crippen molar-refractivity contribution in [1.29, 1.82) is 5.26 Å². The summed E-state index contributed by atoms with van der Waals surface area (Å²) in [6.07, 6.45) is 0.968. The summed E-state index contributed by atoms with van der Waals surface area (Å²) >= 11 is 0. The Hall–Kier alpha value is -4.39. The van der Waals surface area contributed by atoms with E-state index in [1.165, 1.54) is 22.9 Å². The quantitative estimate of drug-likeness (QED) is 0.306. The first kappa shape index (κ1) is 21.3. The van der Waals surface area contributed by atoms with Crippen molar-refractivity contribution in [2.24, 2.45) is 0 Å². The number of aryl methyl sites for hydroxylation is 1. The van der Waals surface area contributed by atoms with Gasteiger partial charge in [0.2, 0.25) is 0 Å². The first-order valence-corrected chi connectivity index (χ1v) is 9.47. The second kappa shape index (κ2) is 9.89. The van der Waals surface area contributed by atoms with Crippen molar-refractivity contribution in [3.8, 4) is 17.5 Å². The van der Waals surface area contributed by atoms with E-state index in [4.69, 9.17) is 10.5 Å². The minimum Gasteiger partial charge on any atom is -0.477 e. The van der Waals surface area contributed by atoms with Crippen molar-refractivity contribution >= 4 is 17.4 Å². The number of nitro benzene ring substituents is 1. The molecule has 2 aromatic carbocycles. The number of amides is 1. The number of nitrogens with one attached hydrogen (secondary N) is 1. The first-order chi connectivity index (χ1) is 15.0. The molecule has 0 saturated carbocycles. The first-order valence-electron chi connectivity index (χ1n) is 9.47. The number of nitriles is 1. The molecule has 10 heteroatoms. The normalized spacial score (nSPS) is 10.3. The number of nitrogens with two attached hydrogens (primary N) is 1. The van der Waals surface area contributed by atoms with Crippen LogP contribution in [0.25, 0.3) is 5.69 Å². The van der Waals surface area contributed by atoms with Gasteiger partial charge < -0.3 is 15.8 Å². The van der Waals surface area contributed by atoms with Crippen LogP contribution in [-0.4, -0.2) is 33.8 Å². The van der Waals surface area contributed by atoms with Gasteiger partial charge in [-0.1, -0.05) is 30.3 Å². The van der Waals surface area contributed by atoms with Crippen LogP contribution in [0.2, 0.25) is 0 Å². The summed E-state index contributed by atoms with van der Waals surface area (Å²) in [5.41, 5.74) is 7.49. The average molecular weight is 420 g/mol. The second-order valence-electron chi connectivity index (χ2n) is 6.53. The van der Waals surface area contributed by atoms with Gasteiger partial charge in [-0.3, -0.25) is 14.9 Å². The Labute approximate surface area is 178 Å². The third-order valence-electron chi connectivity index (χ3n) is 4.44. The minimum absolute atomic E-state index is 0.0308. The summed E-state index contributed by atoms with van der Waals surface area (Å²) in [5.74, 6) is -0.109. The fourth-order valence-electron chi connectivity index (χ4n) is 2.95. The molecule has 158 valence electrons. The highest BCUT2D eigenvalue weighted by atomic mass is 16.6. The molecule has 0 spiro atoms. The lowest BCUT2D eigenvalue weighted by molar-refractivity contribution is -0.385. The van der Waals surface area contributed by atoms with Gasteiger partial charge in [0, 0.05) is 12.6 Å². The van der Waals surface area contributed by atoms with E-state index in [2.05, 4.69) is 16.5 Å². The average Bonchev–Trinajstić information content (AvgIpc) is 3.11. The maximum Gasteiger partial charge on any atom is 0.310 e. The summed E-state index contributed by atoms with van der Waals surface area (Å²) < 4.78 is 6.77. The van der Waals surface area contributed by atoms with Crippen LogP contribution in [0, 0.1) is 21.4 Å². The molecule has 31 heavy (non-hydrogen) atoms. The molecule has 0 unspecified atom stereocenters. The third kappa shape index (κ3) is 5.16. The highest BCUT2D eigenvalue weighted by Crippen LogP contribution is 2.25. The van der Waals surface area contributed by atoms with E-state index in [-0.39, 0.29) is 23.9 Å². The standard InChI is InChI=1S/C21H20N6O4/c22-13-16-17(25-26(21(16)23)15-7-2-1-3-8-15)9-6-12-24-20(28)14-31-19-11-5-4-10-18(19)27(29)30/h1-5,7-8,10-11H,6,9,12,14,23H2,(H,24,28). The van der Waals surface area contributed by atoms with Crippen molar-refractivity contribution in [2.45, 2.75) is 12.8 Å². The van der Waals surface area contributed by atoms with Crippen LogP contribution in [0.15, 0.2) is 54.6 Å². The molecule has 0 atom stereocenters. The number of rotatable bonds is 9. The number of nitro groups is 1. The predicted octanol–water partition coefficient (Wildman–Crippen LogP) is 2.36. The summed E-state index contributed by atoms with van der Waals surface area (Å²) in [6, 6.07) is 17.2. The van der Waals surface area contributed by atoms with Gasteiger partial charge in [-0.05, 0) is 31.0 Å². The molecule has 0 aliphatic carbocycles. The lowest BCUT2D eigenvalue weighted by Gasteiger charge is -2.07. The van der Waals surface area contributed by atoms with E-state index in [1.807, 2.05) is 30.3 Å². The van der Waals surface area contributed by atoms with Crippen LogP contribution in [0.1, 0.15) is 17.7 Å². The van der Waals surface area contributed by atoms with Gasteiger partial charge >= 0.3 is 5.69 Å². The molecular formula is C21H20N6O4. The molecule has 3 N–H and O–H groups in total. The monoisotopic (exact) mass is 420 g/mol. The van der Waals surface area contributed by atoms with Gasteiger partial charge in [0.25, 0.3) is 5.91 Å². The number of carbonyl (C=O) groups is 1.